The van der Waals surface area contributed by atoms with E-state index >= 15 is 0 Å². The highest BCUT2D eigenvalue weighted by molar-refractivity contribution is 9.11. The molecule has 0 saturated carbocycles. The number of methoxy groups -OCH3 is 1. The molecule has 94 valence electrons. The minimum atomic E-state index is 0.250. The zero-order valence-corrected chi connectivity index (χ0v) is 12.8. The molecular formula is C12H15Br2NO2. The average Bonchev–Trinajstić information content (AvgIpc) is 2.34. The van der Waals surface area contributed by atoms with Crippen molar-refractivity contribution in [1.82, 2.24) is 5.32 Å². The van der Waals surface area contributed by atoms with Crippen LogP contribution in [0.5, 0.6) is 11.5 Å². The van der Waals surface area contributed by atoms with Gasteiger partial charge >= 0.3 is 0 Å². The second kappa shape index (κ2) is 6.07. The summed E-state index contributed by atoms with van der Waals surface area (Å²) in [6, 6.07) is 3.85. The Kier molecular flexibility index (Phi) is 4.70. The summed E-state index contributed by atoms with van der Waals surface area (Å²) in [5, 5.41) is 3.33. The van der Waals surface area contributed by atoms with Gasteiger partial charge < -0.3 is 14.8 Å². The zero-order chi connectivity index (χ0) is 12.3. The van der Waals surface area contributed by atoms with Crippen LogP contribution < -0.4 is 14.8 Å². The molecule has 1 saturated heterocycles. The van der Waals surface area contributed by atoms with Crippen LogP contribution in [0, 0.1) is 0 Å². The van der Waals surface area contributed by atoms with Crippen molar-refractivity contribution >= 4 is 31.9 Å². The van der Waals surface area contributed by atoms with Crippen LogP contribution in [0.1, 0.15) is 12.8 Å². The topological polar surface area (TPSA) is 30.5 Å². The van der Waals surface area contributed by atoms with E-state index in [-0.39, 0.29) is 6.10 Å². The molecule has 1 N–H and O–H groups in total. The second-order valence-electron chi connectivity index (χ2n) is 4.00. The third-order valence-electron chi connectivity index (χ3n) is 2.75. The fraction of sp³-hybridized carbons (Fsp3) is 0.500. The SMILES string of the molecule is COc1cc(Br)c(OC2CCCNC2)cc1Br. The molecule has 1 fully saturated rings. The first-order valence-electron chi connectivity index (χ1n) is 5.61. The van der Waals surface area contributed by atoms with Gasteiger partial charge in [-0.3, -0.25) is 0 Å². The van der Waals surface area contributed by atoms with Crippen LogP contribution in [0.4, 0.5) is 0 Å². The lowest BCUT2D eigenvalue weighted by atomic mass is 10.1. The van der Waals surface area contributed by atoms with Crippen LogP contribution in [0.3, 0.4) is 0 Å². The Labute approximate surface area is 118 Å². The number of hydrogen-bond acceptors (Lipinski definition) is 3. The maximum absolute atomic E-state index is 5.97. The molecule has 0 bridgehead atoms. The number of ether oxygens (including phenoxy) is 2. The second-order valence-corrected chi connectivity index (χ2v) is 5.71. The van der Waals surface area contributed by atoms with Gasteiger partial charge in [0.2, 0.25) is 0 Å². The maximum Gasteiger partial charge on any atom is 0.135 e. The van der Waals surface area contributed by atoms with Crippen molar-refractivity contribution in [3.8, 4) is 11.5 Å². The van der Waals surface area contributed by atoms with Crippen molar-refractivity contribution in [2.75, 3.05) is 20.2 Å². The van der Waals surface area contributed by atoms with E-state index in [1.807, 2.05) is 12.1 Å². The fourth-order valence-corrected chi connectivity index (χ4v) is 2.76. The Hall–Kier alpha value is -0.260. The Morgan fingerprint density at radius 2 is 1.94 bits per heavy atom. The quantitative estimate of drug-likeness (QED) is 0.892. The summed E-state index contributed by atoms with van der Waals surface area (Å²) in [6.45, 7) is 2.00. The Morgan fingerprint density at radius 3 is 2.59 bits per heavy atom. The minimum absolute atomic E-state index is 0.250. The number of benzene rings is 1. The first-order valence-corrected chi connectivity index (χ1v) is 7.19. The Bertz CT molecular complexity index is 392. The van der Waals surface area contributed by atoms with Crippen LogP contribution >= 0.6 is 31.9 Å². The van der Waals surface area contributed by atoms with E-state index < -0.39 is 0 Å². The third-order valence-corrected chi connectivity index (χ3v) is 3.99. The molecule has 3 nitrogen and oxygen atoms in total. The summed E-state index contributed by atoms with van der Waals surface area (Å²) in [4.78, 5) is 0. The minimum Gasteiger partial charge on any atom is -0.496 e. The molecule has 1 atom stereocenters. The van der Waals surface area contributed by atoms with E-state index in [0.717, 1.165) is 40.0 Å². The van der Waals surface area contributed by atoms with Crippen molar-refractivity contribution in [2.45, 2.75) is 18.9 Å². The monoisotopic (exact) mass is 363 g/mol. The van der Waals surface area contributed by atoms with Crippen molar-refractivity contribution in [2.24, 2.45) is 0 Å². The lowest BCUT2D eigenvalue weighted by Crippen LogP contribution is -2.37. The predicted octanol–water partition coefficient (Wildman–Crippen LogP) is 3.35. The van der Waals surface area contributed by atoms with Gasteiger partial charge in [-0.25, -0.2) is 0 Å². The van der Waals surface area contributed by atoms with Gasteiger partial charge in [0, 0.05) is 6.54 Å². The van der Waals surface area contributed by atoms with Gasteiger partial charge in [0.1, 0.15) is 17.6 Å². The largest absolute Gasteiger partial charge is 0.496 e. The van der Waals surface area contributed by atoms with Crippen molar-refractivity contribution in [3.05, 3.63) is 21.1 Å². The highest BCUT2D eigenvalue weighted by Crippen LogP contribution is 2.36. The van der Waals surface area contributed by atoms with Gasteiger partial charge in [0.15, 0.2) is 0 Å². The molecule has 1 heterocycles. The lowest BCUT2D eigenvalue weighted by Gasteiger charge is -2.24. The third kappa shape index (κ3) is 3.36. The van der Waals surface area contributed by atoms with E-state index in [1.54, 1.807) is 7.11 Å². The molecule has 1 aliphatic heterocycles. The van der Waals surface area contributed by atoms with Crippen LogP contribution in [0.25, 0.3) is 0 Å². The molecule has 17 heavy (non-hydrogen) atoms. The molecule has 2 rings (SSSR count). The van der Waals surface area contributed by atoms with E-state index in [0.29, 0.717) is 0 Å². The van der Waals surface area contributed by atoms with Crippen LogP contribution in [-0.4, -0.2) is 26.3 Å². The fourth-order valence-electron chi connectivity index (χ4n) is 1.86. The average molecular weight is 365 g/mol. The molecule has 1 aliphatic rings. The van der Waals surface area contributed by atoms with Crippen LogP contribution in [-0.2, 0) is 0 Å². The van der Waals surface area contributed by atoms with Crippen LogP contribution in [0.15, 0.2) is 21.1 Å². The first kappa shape index (κ1) is 13.2. The molecule has 0 amide bonds. The molecule has 1 aromatic carbocycles. The van der Waals surface area contributed by atoms with E-state index in [9.17, 15) is 0 Å². The van der Waals surface area contributed by atoms with Gasteiger partial charge in [-0.2, -0.15) is 0 Å². The van der Waals surface area contributed by atoms with Crippen molar-refractivity contribution in [3.63, 3.8) is 0 Å². The smallest absolute Gasteiger partial charge is 0.135 e. The summed E-state index contributed by atoms with van der Waals surface area (Å²) >= 11 is 6.97. The number of rotatable bonds is 3. The molecule has 0 aromatic heterocycles. The van der Waals surface area contributed by atoms with Crippen molar-refractivity contribution < 1.29 is 9.47 Å². The maximum atomic E-state index is 5.97. The van der Waals surface area contributed by atoms with Crippen LogP contribution in [0.2, 0.25) is 0 Å². The van der Waals surface area contributed by atoms with Gasteiger partial charge in [-0.1, -0.05) is 0 Å². The highest BCUT2D eigenvalue weighted by atomic mass is 79.9. The molecular weight excluding hydrogens is 350 g/mol. The van der Waals surface area contributed by atoms with Gasteiger partial charge in [0.25, 0.3) is 0 Å². The van der Waals surface area contributed by atoms with E-state index in [4.69, 9.17) is 9.47 Å². The molecule has 5 heteroatoms. The number of piperidine rings is 1. The normalized spacial score (nSPS) is 20.1. The predicted molar refractivity (Wildman–Crippen MR) is 74.9 cm³/mol. The Balaban J connectivity index is 2.12. The number of nitrogens with one attached hydrogen (secondary N) is 1. The zero-order valence-electron chi connectivity index (χ0n) is 9.63. The van der Waals surface area contributed by atoms with Gasteiger partial charge in [0.05, 0.1) is 16.1 Å². The van der Waals surface area contributed by atoms with Gasteiger partial charge in [-0.05, 0) is 63.4 Å². The molecule has 1 unspecified atom stereocenters. The highest BCUT2D eigenvalue weighted by Gasteiger charge is 2.16. The number of halogens is 2. The lowest BCUT2D eigenvalue weighted by molar-refractivity contribution is 0.166. The molecule has 0 radical (unpaired) electrons. The first-order chi connectivity index (χ1) is 8.20. The summed E-state index contributed by atoms with van der Waals surface area (Å²) in [5.74, 6) is 1.65. The molecule has 0 aliphatic carbocycles. The van der Waals surface area contributed by atoms with Gasteiger partial charge in [-0.15, -0.1) is 0 Å². The van der Waals surface area contributed by atoms with Crippen molar-refractivity contribution in [1.29, 1.82) is 0 Å². The number of hydrogen-bond donors (Lipinski definition) is 1. The molecule has 0 spiro atoms. The molecule has 1 aromatic rings. The summed E-state index contributed by atoms with van der Waals surface area (Å²) in [6.07, 6.45) is 2.52. The van der Waals surface area contributed by atoms with E-state index in [2.05, 4.69) is 37.2 Å². The Morgan fingerprint density at radius 1 is 1.24 bits per heavy atom. The standard InChI is InChI=1S/C12H15Br2NO2/c1-16-11-5-10(14)12(6-9(11)13)17-8-3-2-4-15-7-8/h5-6,8,15H,2-4,7H2,1H3. The van der Waals surface area contributed by atoms with E-state index in [1.165, 1.54) is 6.42 Å². The summed E-state index contributed by atoms with van der Waals surface area (Å²) in [7, 11) is 1.65. The summed E-state index contributed by atoms with van der Waals surface area (Å²) < 4.78 is 13.0. The summed E-state index contributed by atoms with van der Waals surface area (Å²) in [5.41, 5.74) is 0.